The number of thioether (sulfide) groups is 1. The minimum atomic E-state index is -0.334. The fourth-order valence-electron chi connectivity index (χ4n) is 2.05. The van der Waals surface area contributed by atoms with Crippen molar-refractivity contribution < 1.29 is 9.63 Å². The van der Waals surface area contributed by atoms with E-state index in [0.717, 1.165) is 9.92 Å². The van der Waals surface area contributed by atoms with Crippen molar-refractivity contribution in [2.24, 2.45) is 0 Å². The molecule has 0 spiro atoms. The molecule has 2 aromatic rings. The summed E-state index contributed by atoms with van der Waals surface area (Å²) in [5, 5.41) is 17.3. The molecule has 7 heteroatoms. The average molecular weight is 312 g/mol. The zero-order valence-electron chi connectivity index (χ0n) is 10.6. The van der Waals surface area contributed by atoms with Gasteiger partial charge in [0.1, 0.15) is 0 Å². The molecule has 1 saturated heterocycles. The molecule has 3 rings (SSSR count). The Balaban J connectivity index is 1.58. The minimum absolute atomic E-state index is 0.0354. The van der Waals surface area contributed by atoms with Gasteiger partial charge in [0, 0.05) is 16.5 Å². The van der Waals surface area contributed by atoms with Crippen LogP contribution in [-0.2, 0) is 5.75 Å². The van der Waals surface area contributed by atoms with Crippen molar-refractivity contribution in [2.45, 2.75) is 29.2 Å². The molecule has 0 aliphatic carbocycles. The normalized spacial score (nSPS) is 22.3. The van der Waals surface area contributed by atoms with Crippen molar-refractivity contribution in [1.82, 2.24) is 15.5 Å². The second kappa shape index (κ2) is 6.13. The minimum Gasteiger partial charge on any atom is -0.392 e. The number of aliphatic hydroxyl groups excluding tert-OH is 1. The SMILES string of the molecule is O[C@H]1CN[C@@H](c2nc(CSc3ccc(Cl)cc3)no2)C1. The topological polar surface area (TPSA) is 71.2 Å². The van der Waals surface area contributed by atoms with Gasteiger partial charge in [-0.05, 0) is 30.7 Å². The van der Waals surface area contributed by atoms with E-state index in [9.17, 15) is 5.11 Å². The highest BCUT2D eigenvalue weighted by Gasteiger charge is 2.27. The summed E-state index contributed by atoms with van der Waals surface area (Å²) in [5.41, 5.74) is 0. The fraction of sp³-hybridized carbons (Fsp3) is 0.385. The lowest BCUT2D eigenvalue weighted by molar-refractivity contribution is 0.191. The van der Waals surface area contributed by atoms with Gasteiger partial charge in [0.15, 0.2) is 5.82 Å². The van der Waals surface area contributed by atoms with Crippen molar-refractivity contribution in [3.8, 4) is 0 Å². The molecule has 0 radical (unpaired) electrons. The van der Waals surface area contributed by atoms with Gasteiger partial charge in [-0.1, -0.05) is 16.8 Å². The second-order valence-corrected chi connectivity index (χ2v) is 6.13. The van der Waals surface area contributed by atoms with E-state index in [2.05, 4.69) is 15.5 Å². The molecular formula is C13H14ClN3O2S. The molecule has 1 fully saturated rings. The van der Waals surface area contributed by atoms with E-state index in [4.69, 9.17) is 16.1 Å². The number of hydrogen-bond donors (Lipinski definition) is 2. The molecular weight excluding hydrogens is 298 g/mol. The molecule has 0 unspecified atom stereocenters. The van der Waals surface area contributed by atoms with E-state index in [1.54, 1.807) is 11.8 Å². The smallest absolute Gasteiger partial charge is 0.243 e. The number of β-amino-alcohol motifs (C(OH)–C–C–N with tert-alkyl or cyclic N) is 1. The summed E-state index contributed by atoms with van der Waals surface area (Å²) in [6.45, 7) is 0.571. The van der Waals surface area contributed by atoms with Crippen LogP contribution in [0.25, 0.3) is 0 Å². The van der Waals surface area contributed by atoms with Crippen LogP contribution in [0.3, 0.4) is 0 Å². The second-order valence-electron chi connectivity index (χ2n) is 4.64. The third-order valence-electron chi connectivity index (χ3n) is 3.07. The maximum Gasteiger partial charge on any atom is 0.243 e. The monoisotopic (exact) mass is 311 g/mol. The summed E-state index contributed by atoms with van der Waals surface area (Å²) in [7, 11) is 0. The highest BCUT2D eigenvalue weighted by molar-refractivity contribution is 7.98. The lowest BCUT2D eigenvalue weighted by Crippen LogP contribution is -2.15. The van der Waals surface area contributed by atoms with E-state index in [0.29, 0.717) is 30.4 Å². The van der Waals surface area contributed by atoms with Crippen molar-refractivity contribution in [2.75, 3.05) is 6.54 Å². The number of halogens is 1. The molecule has 0 amide bonds. The summed E-state index contributed by atoms with van der Waals surface area (Å²) in [4.78, 5) is 5.47. The lowest BCUT2D eigenvalue weighted by Gasteiger charge is -2.01. The van der Waals surface area contributed by atoms with Crippen LogP contribution >= 0.6 is 23.4 Å². The van der Waals surface area contributed by atoms with Crippen molar-refractivity contribution >= 4 is 23.4 Å². The van der Waals surface area contributed by atoms with Gasteiger partial charge < -0.3 is 14.9 Å². The van der Waals surface area contributed by atoms with E-state index in [1.807, 2.05) is 24.3 Å². The quantitative estimate of drug-likeness (QED) is 0.845. The van der Waals surface area contributed by atoms with Crippen LogP contribution in [-0.4, -0.2) is 27.9 Å². The number of nitrogens with one attached hydrogen (secondary N) is 1. The first-order valence-corrected chi connectivity index (χ1v) is 7.69. The first kappa shape index (κ1) is 13.9. The standard InChI is InChI=1S/C13H14ClN3O2S/c14-8-1-3-10(4-2-8)20-7-12-16-13(19-17-12)11-5-9(18)6-15-11/h1-4,9,11,15,18H,5-7H2/t9-,11-/m1/s1. The van der Waals surface area contributed by atoms with Gasteiger partial charge in [-0.2, -0.15) is 4.98 Å². The zero-order valence-corrected chi connectivity index (χ0v) is 12.2. The molecule has 0 bridgehead atoms. The van der Waals surface area contributed by atoms with Gasteiger partial charge in [0.25, 0.3) is 0 Å². The van der Waals surface area contributed by atoms with E-state index in [1.165, 1.54) is 0 Å². The van der Waals surface area contributed by atoms with Crippen molar-refractivity contribution in [1.29, 1.82) is 0 Å². The van der Waals surface area contributed by atoms with Crippen LogP contribution in [0.15, 0.2) is 33.7 Å². The highest BCUT2D eigenvalue weighted by atomic mass is 35.5. The number of hydrogen-bond acceptors (Lipinski definition) is 6. The Morgan fingerprint density at radius 2 is 2.20 bits per heavy atom. The molecule has 2 N–H and O–H groups in total. The molecule has 0 saturated carbocycles. The zero-order chi connectivity index (χ0) is 13.9. The van der Waals surface area contributed by atoms with Crippen LogP contribution in [0.5, 0.6) is 0 Å². The van der Waals surface area contributed by atoms with Gasteiger partial charge in [-0.25, -0.2) is 0 Å². The predicted molar refractivity (Wildman–Crippen MR) is 76.7 cm³/mol. The third kappa shape index (κ3) is 3.32. The van der Waals surface area contributed by atoms with Gasteiger partial charge >= 0.3 is 0 Å². The van der Waals surface area contributed by atoms with E-state index in [-0.39, 0.29) is 12.1 Å². The molecule has 1 aliphatic heterocycles. The lowest BCUT2D eigenvalue weighted by atomic mass is 10.2. The summed E-state index contributed by atoms with van der Waals surface area (Å²) < 4.78 is 5.24. The van der Waals surface area contributed by atoms with Crippen molar-refractivity contribution in [3.05, 3.63) is 41.0 Å². The van der Waals surface area contributed by atoms with Crippen molar-refractivity contribution in [3.63, 3.8) is 0 Å². The number of benzene rings is 1. The van der Waals surface area contributed by atoms with Crippen LogP contribution in [0.2, 0.25) is 5.02 Å². The van der Waals surface area contributed by atoms with Crippen LogP contribution < -0.4 is 5.32 Å². The number of rotatable bonds is 4. The molecule has 1 aromatic heterocycles. The molecule has 20 heavy (non-hydrogen) atoms. The van der Waals surface area contributed by atoms with Gasteiger partial charge in [0.05, 0.1) is 17.9 Å². The summed E-state index contributed by atoms with van der Waals surface area (Å²) in [6, 6.07) is 7.60. The molecule has 5 nitrogen and oxygen atoms in total. The first-order chi connectivity index (χ1) is 9.70. The highest BCUT2D eigenvalue weighted by Crippen LogP contribution is 2.25. The Morgan fingerprint density at radius 1 is 1.40 bits per heavy atom. The number of aliphatic hydroxyl groups is 1. The maximum atomic E-state index is 9.47. The van der Waals surface area contributed by atoms with E-state index < -0.39 is 0 Å². The molecule has 1 aromatic carbocycles. The van der Waals surface area contributed by atoms with Crippen LogP contribution in [0, 0.1) is 0 Å². The van der Waals surface area contributed by atoms with Crippen LogP contribution in [0.1, 0.15) is 24.2 Å². The Bertz CT molecular complexity index is 575. The summed E-state index contributed by atoms with van der Waals surface area (Å²) in [6.07, 6.45) is 0.283. The Morgan fingerprint density at radius 3 is 2.90 bits per heavy atom. The Hall–Kier alpha value is -1.08. The van der Waals surface area contributed by atoms with E-state index >= 15 is 0 Å². The first-order valence-electron chi connectivity index (χ1n) is 6.33. The maximum absolute atomic E-state index is 9.47. The summed E-state index contributed by atoms with van der Waals surface area (Å²) >= 11 is 7.47. The van der Waals surface area contributed by atoms with Gasteiger partial charge in [-0.15, -0.1) is 11.8 Å². The number of aromatic nitrogens is 2. The Labute approximate surface area is 125 Å². The van der Waals surface area contributed by atoms with Crippen LogP contribution in [0.4, 0.5) is 0 Å². The fourth-order valence-corrected chi connectivity index (χ4v) is 2.92. The average Bonchev–Trinajstić information content (AvgIpc) is 3.07. The predicted octanol–water partition coefficient (Wildman–Crippen LogP) is 2.41. The largest absolute Gasteiger partial charge is 0.392 e. The van der Waals surface area contributed by atoms with Gasteiger partial charge in [-0.3, -0.25) is 0 Å². The molecule has 1 aliphatic rings. The van der Waals surface area contributed by atoms with Gasteiger partial charge in [0.2, 0.25) is 5.89 Å². The molecule has 2 heterocycles. The number of nitrogens with zero attached hydrogens (tertiary/aromatic N) is 2. The summed E-state index contributed by atoms with van der Waals surface area (Å²) in [5.74, 6) is 1.84. The Kier molecular flexibility index (Phi) is 4.26. The third-order valence-corrected chi connectivity index (χ3v) is 4.33. The molecule has 2 atom stereocenters. The molecule has 106 valence electrons.